The average molecular weight is 316 g/mol. The number of allylic oxidation sites excluding steroid dienone is 5. The highest BCUT2D eigenvalue weighted by atomic mass is 16.1. The lowest BCUT2D eigenvalue weighted by atomic mass is 9.96. The first-order valence-electron chi connectivity index (χ1n) is 9.00. The van der Waals surface area contributed by atoms with E-state index in [9.17, 15) is 4.79 Å². The third-order valence-electron chi connectivity index (χ3n) is 4.50. The summed E-state index contributed by atoms with van der Waals surface area (Å²) in [5.74, 6) is 1.61. The minimum atomic E-state index is 0.741. The molecule has 1 amide bonds. The molecule has 4 nitrogen and oxygen atoms in total. The van der Waals surface area contributed by atoms with Crippen LogP contribution in [-0.4, -0.2) is 24.5 Å². The lowest BCUT2D eigenvalue weighted by Crippen LogP contribution is -2.40. The molecule has 0 unspecified atom stereocenters. The van der Waals surface area contributed by atoms with Crippen LogP contribution in [0.3, 0.4) is 0 Å². The van der Waals surface area contributed by atoms with Crippen molar-refractivity contribution in [1.29, 1.82) is 0 Å². The summed E-state index contributed by atoms with van der Waals surface area (Å²) >= 11 is 0. The summed E-state index contributed by atoms with van der Waals surface area (Å²) in [6.07, 6.45) is 23.0. The summed E-state index contributed by atoms with van der Waals surface area (Å²) in [5.41, 5.74) is 3.97. The zero-order valence-electron chi connectivity index (χ0n) is 14.1. The SMILES string of the molecule is C1=CC=C([C]2CCCCCC2)NC=C1.O=CNN1CCCCC1. The summed E-state index contributed by atoms with van der Waals surface area (Å²) in [5, 5.41) is 5.31. The quantitative estimate of drug-likeness (QED) is 0.617. The van der Waals surface area contributed by atoms with E-state index in [1.807, 2.05) is 17.3 Å². The Labute approximate surface area is 140 Å². The van der Waals surface area contributed by atoms with Crippen LogP contribution in [-0.2, 0) is 4.79 Å². The summed E-state index contributed by atoms with van der Waals surface area (Å²) in [7, 11) is 0. The van der Waals surface area contributed by atoms with E-state index in [0.717, 1.165) is 19.5 Å². The first kappa shape index (κ1) is 17.8. The molecule has 0 spiro atoms. The predicted molar refractivity (Wildman–Crippen MR) is 95.1 cm³/mol. The molecule has 0 aromatic carbocycles. The molecule has 0 atom stereocenters. The Hall–Kier alpha value is -1.55. The predicted octanol–water partition coefficient (Wildman–Crippen LogP) is 3.61. The van der Waals surface area contributed by atoms with E-state index in [2.05, 4.69) is 29.0 Å². The molecule has 1 saturated heterocycles. The van der Waals surface area contributed by atoms with Crippen molar-refractivity contribution in [2.24, 2.45) is 0 Å². The van der Waals surface area contributed by atoms with Crippen molar-refractivity contribution >= 4 is 6.41 Å². The number of carbonyl (C=O) groups excluding carboxylic acids is 1. The molecule has 127 valence electrons. The molecule has 0 bridgehead atoms. The Bertz CT molecular complexity index is 414. The van der Waals surface area contributed by atoms with Crippen LogP contribution in [0.15, 0.2) is 36.2 Å². The van der Waals surface area contributed by atoms with E-state index >= 15 is 0 Å². The molecule has 2 N–H and O–H groups in total. The highest BCUT2D eigenvalue weighted by Crippen LogP contribution is 2.29. The van der Waals surface area contributed by atoms with Gasteiger partial charge in [0, 0.05) is 30.9 Å². The fourth-order valence-corrected chi connectivity index (χ4v) is 3.20. The van der Waals surface area contributed by atoms with Crippen molar-refractivity contribution in [3.63, 3.8) is 0 Å². The van der Waals surface area contributed by atoms with Gasteiger partial charge in [0.15, 0.2) is 0 Å². The second kappa shape index (κ2) is 11.1. The number of rotatable bonds is 3. The van der Waals surface area contributed by atoms with Gasteiger partial charge in [-0.15, -0.1) is 0 Å². The number of nitrogens with zero attached hydrogens (tertiary/aromatic N) is 1. The van der Waals surface area contributed by atoms with Gasteiger partial charge in [0.25, 0.3) is 0 Å². The minimum Gasteiger partial charge on any atom is -0.365 e. The normalized spacial score (nSPS) is 22.7. The van der Waals surface area contributed by atoms with Crippen molar-refractivity contribution in [2.75, 3.05) is 13.1 Å². The second-order valence-electron chi connectivity index (χ2n) is 6.28. The van der Waals surface area contributed by atoms with Gasteiger partial charge in [-0.1, -0.05) is 44.3 Å². The Morgan fingerprint density at radius 1 is 0.913 bits per heavy atom. The van der Waals surface area contributed by atoms with Crippen molar-refractivity contribution in [1.82, 2.24) is 15.8 Å². The van der Waals surface area contributed by atoms with Crippen LogP contribution in [0.25, 0.3) is 0 Å². The van der Waals surface area contributed by atoms with Gasteiger partial charge in [0.1, 0.15) is 0 Å². The van der Waals surface area contributed by atoms with Gasteiger partial charge in [-0.25, -0.2) is 5.01 Å². The average Bonchev–Trinajstić information content (AvgIpc) is 3.02. The molecule has 2 heterocycles. The largest absolute Gasteiger partial charge is 0.365 e. The van der Waals surface area contributed by atoms with Crippen LogP contribution < -0.4 is 10.7 Å². The van der Waals surface area contributed by atoms with Crippen molar-refractivity contribution < 1.29 is 4.79 Å². The highest BCUT2D eigenvalue weighted by molar-refractivity contribution is 5.44. The summed E-state index contributed by atoms with van der Waals surface area (Å²) in [6, 6.07) is 0. The van der Waals surface area contributed by atoms with Gasteiger partial charge in [-0.3, -0.25) is 10.2 Å². The van der Waals surface area contributed by atoms with Crippen molar-refractivity contribution in [2.45, 2.75) is 57.8 Å². The van der Waals surface area contributed by atoms with E-state index in [1.54, 1.807) is 5.92 Å². The number of hydrogen-bond acceptors (Lipinski definition) is 3. The maximum absolute atomic E-state index is 9.92. The molecular weight excluding hydrogens is 286 g/mol. The van der Waals surface area contributed by atoms with Gasteiger partial charge >= 0.3 is 0 Å². The summed E-state index contributed by atoms with van der Waals surface area (Å²) in [4.78, 5) is 9.92. The zero-order valence-corrected chi connectivity index (χ0v) is 14.1. The fourth-order valence-electron chi connectivity index (χ4n) is 3.20. The Kier molecular flexibility index (Phi) is 8.56. The highest BCUT2D eigenvalue weighted by Gasteiger charge is 2.16. The van der Waals surface area contributed by atoms with E-state index in [0.29, 0.717) is 0 Å². The van der Waals surface area contributed by atoms with Gasteiger partial charge in [-0.05, 0) is 37.8 Å². The molecule has 23 heavy (non-hydrogen) atoms. The van der Waals surface area contributed by atoms with E-state index in [4.69, 9.17) is 0 Å². The summed E-state index contributed by atoms with van der Waals surface area (Å²) < 4.78 is 0. The van der Waals surface area contributed by atoms with Crippen LogP contribution >= 0.6 is 0 Å². The summed E-state index contributed by atoms with van der Waals surface area (Å²) in [6.45, 7) is 2.03. The smallest absolute Gasteiger partial charge is 0.221 e. The zero-order chi connectivity index (χ0) is 16.2. The lowest BCUT2D eigenvalue weighted by molar-refractivity contribution is -0.114. The maximum atomic E-state index is 9.92. The third-order valence-corrected chi connectivity index (χ3v) is 4.50. The van der Waals surface area contributed by atoms with Gasteiger partial charge in [-0.2, -0.15) is 0 Å². The Morgan fingerprint density at radius 3 is 2.30 bits per heavy atom. The standard InChI is InChI=1S/C13H18N.C6H12N2O/c1-2-5-9-12(8-4-1)13-10-6-3-7-11-14-13;9-6-7-8-4-2-1-3-5-8/h3,6-7,10-11,14H,1-2,4-5,8-9H2;6H,1-5H2,(H,7,9). The molecule has 3 rings (SSSR count). The molecule has 2 fully saturated rings. The molecule has 0 aromatic rings. The molecule has 3 aliphatic rings. The van der Waals surface area contributed by atoms with E-state index in [-0.39, 0.29) is 0 Å². The molecule has 2 aliphatic heterocycles. The second-order valence-corrected chi connectivity index (χ2v) is 6.28. The molecule has 0 aromatic heterocycles. The van der Waals surface area contributed by atoms with E-state index in [1.165, 1.54) is 63.5 Å². The molecular formula is C19H30N3O. The Morgan fingerprint density at radius 2 is 1.61 bits per heavy atom. The third kappa shape index (κ3) is 7.04. The minimum absolute atomic E-state index is 0.741. The number of amides is 1. The first-order valence-corrected chi connectivity index (χ1v) is 9.00. The lowest BCUT2D eigenvalue weighted by Gasteiger charge is -2.24. The van der Waals surface area contributed by atoms with Crippen LogP contribution in [0.2, 0.25) is 0 Å². The number of carbonyl (C=O) groups is 1. The topological polar surface area (TPSA) is 44.4 Å². The number of piperidine rings is 1. The van der Waals surface area contributed by atoms with Gasteiger partial charge < -0.3 is 5.32 Å². The number of hydrogen-bond donors (Lipinski definition) is 2. The number of hydrazine groups is 1. The van der Waals surface area contributed by atoms with E-state index < -0.39 is 0 Å². The van der Waals surface area contributed by atoms with Crippen molar-refractivity contribution in [3.05, 3.63) is 42.1 Å². The molecule has 4 heteroatoms. The van der Waals surface area contributed by atoms with Crippen LogP contribution in [0.5, 0.6) is 0 Å². The first-order chi connectivity index (χ1) is 11.4. The molecule has 1 aliphatic carbocycles. The molecule has 1 radical (unpaired) electrons. The van der Waals surface area contributed by atoms with Crippen LogP contribution in [0, 0.1) is 5.92 Å². The maximum Gasteiger partial charge on any atom is 0.221 e. The van der Waals surface area contributed by atoms with Gasteiger partial charge in [0.05, 0.1) is 0 Å². The van der Waals surface area contributed by atoms with Crippen LogP contribution in [0.4, 0.5) is 0 Å². The number of nitrogens with one attached hydrogen (secondary N) is 2. The molecule has 1 saturated carbocycles. The monoisotopic (exact) mass is 316 g/mol. The Balaban J connectivity index is 0.000000185. The van der Waals surface area contributed by atoms with Crippen molar-refractivity contribution in [3.8, 4) is 0 Å². The van der Waals surface area contributed by atoms with Crippen LogP contribution in [0.1, 0.15) is 57.8 Å². The van der Waals surface area contributed by atoms with Gasteiger partial charge in [0.2, 0.25) is 6.41 Å². The fraction of sp³-hybridized carbons (Fsp3) is 0.579.